The molecule has 9 heteroatoms. The van der Waals surface area contributed by atoms with E-state index in [0.29, 0.717) is 23.5 Å². The fraction of sp³-hybridized carbons (Fsp3) is 0.455. The highest BCUT2D eigenvalue weighted by molar-refractivity contribution is 5.66. The van der Waals surface area contributed by atoms with Crippen LogP contribution < -0.4 is 5.32 Å². The zero-order valence-electron chi connectivity index (χ0n) is 17.7. The molecule has 4 rings (SSSR count). The Morgan fingerprint density at radius 1 is 1.00 bits per heavy atom. The molecule has 31 heavy (non-hydrogen) atoms. The van der Waals surface area contributed by atoms with E-state index in [9.17, 15) is 13.2 Å². The van der Waals surface area contributed by atoms with Gasteiger partial charge < -0.3 is 5.32 Å². The molecule has 1 aliphatic rings. The Kier molecular flexibility index (Phi) is 5.68. The van der Waals surface area contributed by atoms with E-state index in [1.54, 1.807) is 13.0 Å². The van der Waals surface area contributed by atoms with Gasteiger partial charge in [-0.2, -0.15) is 18.2 Å². The van der Waals surface area contributed by atoms with Gasteiger partial charge in [0.25, 0.3) is 0 Å². The first kappa shape index (κ1) is 21.3. The van der Waals surface area contributed by atoms with Gasteiger partial charge in [0, 0.05) is 17.0 Å². The third kappa shape index (κ3) is 4.55. The Hall–Kier alpha value is -2.97. The van der Waals surface area contributed by atoms with Crippen molar-refractivity contribution < 1.29 is 13.2 Å². The van der Waals surface area contributed by atoms with Gasteiger partial charge in [-0.15, -0.1) is 5.10 Å². The molecule has 6 nitrogen and oxygen atoms in total. The molecule has 0 atom stereocenters. The highest BCUT2D eigenvalue weighted by Gasteiger charge is 2.35. The fourth-order valence-corrected chi connectivity index (χ4v) is 4.14. The van der Waals surface area contributed by atoms with Gasteiger partial charge in [-0.25, -0.2) is 9.97 Å². The summed E-state index contributed by atoms with van der Waals surface area (Å²) in [5, 5.41) is 9.89. The second-order valence-corrected chi connectivity index (χ2v) is 8.28. The number of alkyl halides is 3. The van der Waals surface area contributed by atoms with Crippen molar-refractivity contribution in [1.29, 1.82) is 0 Å². The summed E-state index contributed by atoms with van der Waals surface area (Å²) >= 11 is 0. The Bertz CT molecular complexity index is 1070. The molecular weight excluding hydrogens is 405 g/mol. The summed E-state index contributed by atoms with van der Waals surface area (Å²) in [6.07, 6.45) is -0.437. The van der Waals surface area contributed by atoms with E-state index in [1.807, 2.05) is 6.92 Å². The van der Waals surface area contributed by atoms with E-state index >= 15 is 0 Å². The van der Waals surface area contributed by atoms with Crippen molar-refractivity contribution in [1.82, 2.24) is 25.1 Å². The molecule has 1 saturated carbocycles. The third-order valence-corrected chi connectivity index (χ3v) is 5.89. The highest BCUT2D eigenvalue weighted by Crippen LogP contribution is 2.40. The number of aryl methyl sites for hydroxylation is 1. The molecule has 1 aromatic carbocycles. The lowest BCUT2D eigenvalue weighted by atomic mass is 9.80. The van der Waals surface area contributed by atoms with E-state index in [-0.39, 0.29) is 17.3 Å². The third-order valence-electron chi connectivity index (χ3n) is 5.89. The molecule has 0 saturated heterocycles. The molecule has 2 aromatic heterocycles. The molecule has 1 fully saturated rings. The molecule has 3 aromatic rings. The summed E-state index contributed by atoms with van der Waals surface area (Å²) in [5.41, 5.74) is 0.829. The van der Waals surface area contributed by atoms with Crippen LogP contribution in [0.1, 0.15) is 61.2 Å². The smallest absolute Gasteiger partial charge is 0.307 e. The first-order chi connectivity index (χ1) is 14.7. The molecule has 2 heterocycles. The molecule has 0 unspecified atom stereocenters. The van der Waals surface area contributed by atoms with Crippen molar-refractivity contribution in [3.05, 3.63) is 46.9 Å². The summed E-state index contributed by atoms with van der Waals surface area (Å²) in [4.78, 5) is 13.4. The normalized spacial score (nSPS) is 19.4. The second kappa shape index (κ2) is 8.28. The second-order valence-electron chi connectivity index (χ2n) is 8.28. The largest absolute Gasteiger partial charge is 0.417 e. The maximum absolute atomic E-state index is 13.7. The van der Waals surface area contributed by atoms with Crippen LogP contribution in [0.25, 0.3) is 11.4 Å². The number of halogens is 3. The van der Waals surface area contributed by atoms with E-state index in [2.05, 4.69) is 37.4 Å². The number of hydrogen-bond acceptors (Lipinski definition) is 5. The predicted molar refractivity (Wildman–Crippen MR) is 112 cm³/mol. The number of H-pyrrole nitrogens is 1. The Morgan fingerprint density at radius 2 is 1.71 bits per heavy atom. The molecule has 1 aliphatic carbocycles. The zero-order chi connectivity index (χ0) is 22.2. The maximum atomic E-state index is 13.7. The molecule has 0 spiro atoms. The van der Waals surface area contributed by atoms with Gasteiger partial charge in [-0.3, -0.25) is 5.10 Å². The number of rotatable bonds is 4. The minimum atomic E-state index is -4.50. The Balaban J connectivity index is 1.84. The fourth-order valence-electron chi connectivity index (χ4n) is 4.14. The number of nitrogens with one attached hydrogen (secondary N) is 2. The van der Waals surface area contributed by atoms with E-state index in [4.69, 9.17) is 0 Å². The van der Waals surface area contributed by atoms with E-state index in [0.717, 1.165) is 43.0 Å². The van der Waals surface area contributed by atoms with Crippen LogP contribution >= 0.6 is 0 Å². The summed E-state index contributed by atoms with van der Waals surface area (Å²) < 4.78 is 41.0. The number of nitrogens with zero attached hydrogens (tertiary/aromatic N) is 4. The van der Waals surface area contributed by atoms with Crippen molar-refractivity contribution in [2.45, 2.75) is 58.5 Å². The van der Waals surface area contributed by atoms with Crippen LogP contribution in [0.2, 0.25) is 0 Å². The SMILES string of the molecule is Cc1nc(Nc2nc(-c3ccccc3C(F)(F)F)nc(C3CCC(C)CC3)c2C)n[nH]1. The molecule has 2 N–H and O–H groups in total. The minimum Gasteiger partial charge on any atom is -0.307 e. The van der Waals surface area contributed by atoms with Crippen LogP contribution in [0.5, 0.6) is 0 Å². The lowest BCUT2D eigenvalue weighted by molar-refractivity contribution is -0.137. The zero-order valence-corrected chi connectivity index (χ0v) is 17.7. The van der Waals surface area contributed by atoms with Crippen molar-refractivity contribution in [3.63, 3.8) is 0 Å². The van der Waals surface area contributed by atoms with Crippen molar-refractivity contribution in [2.24, 2.45) is 5.92 Å². The average molecular weight is 430 g/mol. The number of benzene rings is 1. The van der Waals surface area contributed by atoms with Gasteiger partial charge in [0.1, 0.15) is 11.6 Å². The van der Waals surface area contributed by atoms with Crippen molar-refractivity contribution in [2.75, 3.05) is 5.32 Å². The molecule has 0 amide bonds. The van der Waals surface area contributed by atoms with Crippen LogP contribution in [0.4, 0.5) is 24.9 Å². The van der Waals surface area contributed by atoms with Gasteiger partial charge in [-0.1, -0.05) is 38.0 Å². The van der Waals surface area contributed by atoms with Crippen LogP contribution in [0.3, 0.4) is 0 Å². The Morgan fingerprint density at radius 3 is 2.35 bits per heavy atom. The molecule has 164 valence electrons. The lowest BCUT2D eigenvalue weighted by Gasteiger charge is -2.27. The molecular formula is C22H25F3N6. The van der Waals surface area contributed by atoms with Crippen LogP contribution in [-0.4, -0.2) is 25.1 Å². The first-order valence-electron chi connectivity index (χ1n) is 10.4. The number of aromatic nitrogens is 5. The average Bonchev–Trinajstić information content (AvgIpc) is 3.14. The van der Waals surface area contributed by atoms with Gasteiger partial charge in [-0.05, 0) is 38.7 Å². The number of hydrogen-bond donors (Lipinski definition) is 2. The minimum absolute atomic E-state index is 0.0327. The predicted octanol–water partition coefficient (Wildman–Crippen LogP) is 5.93. The Labute approximate surface area is 178 Å². The van der Waals surface area contributed by atoms with Gasteiger partial charge in [0.15, 0.2) is 5.82 Å². The van der Waals surface area contributed by atoms with Crippen molar-refractivity contribution >= 4 is 11.8 Å². The van der Waals surface area contributed by atoms with E-state index < -0.39 is 11.7 Å². The van der Waals surface area contributed by atoms with E-state index in [1.165, 1.54) is 12.1 Å². The summed E-state index contributed by atoms with van der Waals surface area (Å²) in [5.74, 6) is 2.26. The van der Waals surface area contributed by atoms with Crippen LogP contribution in [-0.2, 0) is 6.18 Å². The van der Waals surface area contributed by atoms with Crippen LogP contribution in [0, 0.1) is 19.8 Å². The molecule has 0 aliphatic heterocycles. The number of anilines is 2. The van der Waals surface area contributed by atoms with Crippen molar-refractivity contribution in [3.8, 4) is 11.4 Å². The standard InChI is InChI=1S/C22H25F3N6/c1-12-8-10-15(11-9-12)18-13(2)19(29-21-26-14(3)30-31-21)28-20(27-18)16-6-4-5-7-17(16)22(23,24)25/h4-7,12,15H,8-11H2,1-3H3,(H2,26,27,28,29,30,31). The van der Waals surface area contributed by atoms with Gasteiger partial charge >= 0.3 is 6.18 Å². The topological polar surface area (TPSA) is 79.4 Å². The molecule has 0 bridgehead atoms. The quantitative estimate of drug-likeness (QED) is 0.536. The summed E-state index contributed by atoms with van der Waals surface area (Å²) in [6.45, 7) is 5.89. The van der Waals surface area contributed by atoms with Crippen LogP contribution in [0.15, 0.2) is 24.3 Å². The first-order valence-corrected chi connectivity index (χ1v) is 10.4. The van der Waals surface area contributed by atoms with Gasteiger partial charge in [0.2, 0.25) is 5.95 Å². The number of aromatic amines is 1. The lowest BCUT2D eigenvalue weighted by Crippen LogP contribution is -2.16. The van der Waals surface area contributed by atoms with Gasteiger partial charge in [0.05, 0.1) is 11.3 Å². The summed E-state index contributed by atoms with van der Waals surface area (Å²) in [6, 6.07) is 5.42. The summed E-state index contributed by atoms with van der Waals surface area (Å²) in [7, 11) is 0. The molecule has 0 radical (unpaired) electrons. The maximum Gasteiger partial charge on any atom is 0.417 e. The monoisotopic (exact) mass is 430 g/mol. The highest BCUT2D eigenvalue weighted by atomic mass is 19.4.